The number of nitrogens with one attached hydrogen (secondary N) is 1. The van der Waals surface area contributed by atoms with Crippen LogP contribution in [-0.4, -0.2) is 27.0 Å². The third-order valence-corrected chi connectivity index (χ3v) is 3.40. The molecule has 112 valence electrons. The average molecular weight is 321 g/mol. The van der Waals surface area contributed by atoms with Gasteiger partial charge in [0.2, 0.25) is 10.0 Å². The minimum absolute atomic E-state index is 0.0129. The van der Waals surface area contributed by atoms with Gasteiger partial charge in [0.05, 0.1) is 12.7 Å². The number of nitrogens with two attached hydrogens (primary N) is 1. The van der Waals surface area contributed by atoms with Gasteiger partial charge in [-0.25, -0.2) is 13.6 Å². The van der Waals surface area contributed by atoms with E-state index in [1.165, 1.54) is 13.2 Å². The monoisotopic (exact) mass is 320 g/mol. The van der Waals surface area contributed by atoms with Crippen molar-refractivity contribution < 1.29 is 17.9 Å². The van der Waals surface area contributed by atoms with E-state index in [4.69, 9.17) is 21.5 Å². The number of amides is 1. The summed E-state index contributed by atoms with van der Waals surface area (Å²) < 4.78 is 28.1. The molecule has 0 saturated heterocycles. The molecule has 1 rings (SSSR count). The summed E-state index contributed by atoms with van der Waals surface area (Å²) in [5.41, 5.74) is -0.481. The van der Waals surface area contributed by atoms with E-state index in [1.807, 2.05) is 0 Å². The molecule has 0 spiro atoms. The first-order chi connectivity index (χ1) is 8.95. The Bertz CT molecular complexity index is 636. The second-order valence-electron chi connectivity index (χ2n) is 5.23. The summed E-state index contributed by atoms with van der Waals surface area (Å²) in [6.45, 7) is 5.38. The molecule has 0 aliphatic heterocycles. The van der Waals surface area contributed by atoms with Gasteiger partial charge in [-0.15, -0.1) is 0 Å². The molecule has 0 bridgehead atoms. The number of halogens is 1. The van der Waals surface area contributed by atoms with Gasteiger partial charge in [-0.1, -0.05) is 11.6 Å². The summed E-state index contributed by atoms with van der Waals surface area (Å²) in [5, 5.41) is 7.88. The van der Waals surface area contributed by atoms with Crippen LogP contribution in [0.2, 0.25) is 5.02 Å². The van der Waals surface area contributed by atoms with E-state index in [2.05, 4.69) is 5.32 Å². The summed E-state index contributed by atoms with van der Waals surface area (Å²) >= 11 is 5.84. The Morgan fingerprint density at radius 3 is 2.30 bits per heavy atom. The van der Waals surface area contributed by atoms with Gasteiger partial charge in [-0.2, -0.15) is 0 Å². The highest BCUT2D eigenvalue weighted by atomic mass is 35.5. The van der Waals surface area contributed by atoms with Crippen molar-refractivity contribution in [3.8, 4) is 5.75 Å². The van der Waals surface area contributed by atoms with Crippen molar-refractivity contribution in [2.75, 3.05) is 7.11 Å². The van der Waals surface area contributed by atoms with E-state index in [1.54, 1.807) is 20.8 Å². The fourth-order valence-electron chi connectivity index (χ4n) is 1.57. The number of benzene rings is 1. The number of carbonyl (C=O) groups is 1. The van der Waals surface area contributed by atoms with E-state index in [0.29, 0.717) is 0 Å². The quantitative estimate of drug-likeness (QED) is 0.882. The van der Waals surface area contributed by atoms with Gasteiger partial charge < -0.3 is 10.1 Å². The van der Waals surface area contributed by atoms with Crippen molar-refractivity contribution in [3.63, 3.8) is 0 Å². The normalized spacial score (nSPS) is 12.1. The second kappa shape index (κ2) is 5.59. The molecule has 6 nitrogen and oxygen atoms in total. The lowest BCUT2D eigenvalue weighted by Gasteiger charge is -2.22. The molecule has 8 heteroatoms. The number of rotatable bonds is 3. The molecule has 3 N–H and O–H groups in total. The number of sulfonamides is 1. The van der Waals surface area contributed by atoms with Crippen molar-refractivity contribution >= 4 is 27.5 Å². The Morgan fingerprint density at radius 2 is 1.90 bits per heavy atom. The van der Waals surface area contributed by atoms with E-state index < -0.39 is 21.5 Å². The highest BCUT2D eigenvalue weighted by Gasteiger charge is 2.25. The van der Waals surface area contributed by atoms with Crippen LogP contribution in [0, 0.1) is 0 Å². The summed E-state index contributed by atoms with van der Waals surface area (Å²) in [6, 6.07) is 2.47. The summed E-state index contributed by atoms with van der Waals surface area (Å²) in [6.07, 6.45) is 0. The largest absolute Gasteiger partial charge is 0.494 e. The highest BCUT2D eigenvalue weighted by molar-refractivity contribution is 7.89. The van der Waals surface area contributed by atoms with Crippen LogP contribution in [0.3, 0.4) is 0 Å². The summed E-state index contributed by atoms with van der Waals surface area (Å²) in [4.78, 5) is 11.9. The standard InChI is InChI=1S/C12H17ClN2O4S/c1-12(2,3)15-11(16)8-5-7(13)6-9(10(8)19-4)20(14,17)18/h5-6H,1-4H3,(H,15,16)(H2,14,17,18). The molecule has 0 radical (unpaired) electrons. The van der Waals surface area contributed by atoms with E-state index in [-0.39, 0.29) is 21.2 Å². The van der Waals surface area contributed by atoms with Crippen molar-refractivity contribution in [3.05, 3.63) is 22.7 Å². The molecule has 1 amide bonds. The number of hydrogen-bond acceptors (Lipinski definition) is 4. The molecule has 0 fully saturated rings. The predicted molar refractivity (Wildman–Crippen MR) is 76.6 cm³/mol. The minimum Gasteiger partial charge on any atom is -0.494 e. The van der Waals surface area contributed by atoms with Crippen molar-refractivity contribution in [1.82, 2.24) is 5.32 Å². The summed E-state index contributed by atoms with van der Waals surface area (Å²) in [5.74, 6) is -0.625. The second-order valence-corrected chi connectivity index (χ2v) is 7.20. The smallest absolute Gasteiger partial charge is 0.255 e. The number of primary sulfonamides is 1. The average Bonchev–Trinajstić information content (AvgIpc) is 2.24. The number of hydrogen-bond donors (Lipinski definition) is 2. The van der Waals surface area contributed by atoms with E-state index in [9.17, 15) is 13.2 Å². The predicted octanol–water partition coefficient (Wildman–Crippen LogP) is 1.52. The molecule has 0 atom stereocenters. The van der Waals surface area contributed by atoms with Crippen LogP contribution >= 0.6 is 11.6 Å². The summed E-state index contributed by atoms with van der Waals surface area (Å²) in [7, 11) is -2.80. The molecular formula is C12H17ClN2O4S. The maximum Gasteiger partial charge on any atom is 0.255 e. The molecule has 0 aliphatic carbocycles. The number of ether oxygens (including phenoxy) is 1. The van der Waals surface area contributed by atoms with Crippen LogP contribution < -0.4 is 15.2 Å². The number of methoxy groups -OCH3 is 1. The number of carbonyl (C=O) groups excluding carboxylic acids is 1. The van der Waals surface area contributed by atoms with Crippen LogP contribution in [0.5, 0.6) is 5.75 Å². The zero-order valence-electron chi connectivity index (χ0n) is 11.7. The van der Waals surface area contributed by atoms with Gasteiger partial charge in [0.25, 0.3) is 5.91 Å². The molecule has 0 heterocycles. The molecule has 1 aromatic carbocycles. The molecule has 0 aromatic heterocycles. The molecule has 0 unspecified atom stereocenters. The van der Waals surface area contributed by atoms with E-state index in [0.717, 1.165) is 6.07 Å². The fourth-order valence-corrected chi connectivity index (χ4v) is 2.59. The molecular weight excluding hydrogens is 304 g/mol. The van der Waals surface area contributed by atoms with Gasteiger partial charge in [0, 0.05) is 10.6 Å². The Hall–Kier alpha value is -1.31. The van der Waals surface area contributed by atoms with Crippen molar-refractivity contribution in [2.24, 2.45) is 5.14 Å². The first-order valence-corrected chi connectivity index (χ1v) is 7.61. The van der Waals surface area contributed by atoms with Crippen molar-refractivity contribution in [1.29, 1.82) is 0 Å². The van der Waals surface area contributed by atoms with Gasteiger partial charge in [-0.3, -0.25) is 4.79 Å². The van der Waals surface area contributed by atoms with Crippen LogP contribution in [0.25, 0.3) is 0 Å². The first-order valence-electron chi connectivity index (χ1n) is 5.68. The van der Waals surface area contributed by atoms with Crippen LogP contribution in [-0.2, 0) is 10.0 Å². The van der Waals surface area contributed by atoms with Gasteiger partial charge in [-0.05, 0) is 32.9 Å². The molecule has 0 aliphatic rings. The maximum atomic E-state index is 12.2. The lowest BCUT2D eigenvalue weighted by molar-refractivity contribution is 0.0916. The van der Waals surface area contributed by atoms with Crippen LogP contribution in [0.1, 0.15) is 31.1 Å². The SMILES string of the molecule is COc1c(C(=O)NC(C)(C)C)cc(Cl)cc1S(N)(=O)=O. The van der Waals surface area contributed by atoms with Gasteiger partial charge in [0.15, 0.2) is 5.75 Å². The van der Waals surface area contributed by atoms with E-state index >= 15 is 0 Å². The van der Waals surface area contributed by atoms with Crippen LogP contribution in [0.15, 0.2) is 17.0 Å². The first kappa shape index (κ1) is 16.7. The third-order valence-electron chi connectivity index (χ3n) is 2.26. The van der Waals surface area contributed by atoms with Crippen molar-refractivity contribution in [2.45, 2.75) is 31.2 Å². The topological polar surface area (TPSA) is 98.5 Å². The molecule has 1 aromatic rings. The Balaban J connectivity index is 3.48. The highest BCUT2D eigenvalue weighted by Crippen LogP contribution is 2.31. The van der Waals surface area contributed by atoms with Gasteiger partial charge in [0.1, 0.15) is 4.90 Å². The minimum atomic E-state index is -4.06. The Labute approximate surface area is 123 Å². The molecule has 0 saturated carbocycles. The molecule has 20 heavy (non-hydrogen) atoms. The Kier molecular flexibility index (Phi) is 4.68. The third kappa shape index (κ3) is 4.09. The zero-order chi connectivity index (χ0) is 15.7. The Morgan fingerprint density at radius 1 is 1.35 bits per heavy atom. The lowest BCUT2D eigenvalue weighted by Crippen LogP contribution is -2.40. The zero-order valence-corrected chi connectivity index (χ0v) is 13.2. The maximum absolute atomic E-state index is 12.2. The van der Waals surface area contributed by atoms with Crippen LogP contribution in [0.4, 0.5) is 0 Å². The fraction of sp³-hybridized carbons (Fsp3) is 0.417. The lowest BCUT2D eigenvalue weighted by atomic mass is 10.1. The van der Waals surface area contributed by atoms with Gasteiger partial charge >= 0.3 is 0 Å².